The van der Waals surface area contributed by atoms with Crippen molar-refractivity contribution in [3.05, 3.63) is 57.0 Å². The molecule has 0 atom stereocenters. The van der Waals surface area contributed by atoms with Crippen molar-refractivity contribution < 1.29 is 9.53 Å². The minimum Gasteiger partial charge on any atom is -0.492 e. The van der Waals surface area contributed by atoms with Gasteiger partial charge in [-0.1, -0.05) is 44.0 Å². The molecular formula is C15H13Br2NO2. The number of nitrogens with one attached hydrogen (secondary N) is 1. The molecule has 104 valence electrons. The summed E-state index contributed by atoms with van der Waals surface area (Å²) in [6.07, 6.45) is 0. The number of para-hydroxylation sites is 2. The van der Waals surface area contributed by atoms with Crippen molar-refractivity contribution in [2.75, 3.05) is 11.9 Å². The van der Waals surface area contributed by atoms with E-state index in [1.807, 2.05) is 37.3 Å². The number of carbonyl (C=O) groups excluding carboxylic acids is 1. The van der Waals surface area contributed by atoms with Gasteiger partial charge in [0.25, 0.3) is 5.91 Å². The van der Waals surface area contributed by atoms with Crippen LogP contribution in [0.1, 0.15) is 17.3 Å². The number of rotatable bonds is 4. The van der Waals surface area contributed by atoms with E-state index < -0.39 is 0 Å². The number of carbonyl (C=O) groups is 1. The third-order valence-corrected chi connectivity index (χ3v) is 3.48. The van der Waals surface area contributed by atoms with Crippen molar-refractivity contribution in [2.45, 2.75) is 6.92 Å². The summed E-state index contributed by atoms with van der Waals surface area (Å²) in [5, 5.41) is 2.86. The predicted molar refractivity (Wildman–Crippen MR) is 87.4 cm³/mol. The molecule has 2 rings (SSSR count). The molecule has 0 aliphatic heterocycles. The van der Waals surface area contributed by atoms with Crippen molar-refractivity contribution in [1.29, 1.82) is 0 Å². The highest BCUT2D eigenvalue weighted by Gasteiger charge is 2.10. The molecule has 20 heavy (non-hydrogen) atoms. The van der Waals surface area contributed by atoms with Gasteiger partial charge >= 0.3 is 0 Å². The lowest BCUT2D eigenvalue weighted by atomic mass is 10.2. The van der Waals surface area contributed by atoms with Crippen LogP contribution >= 0.6 is 31.9 Å². The molecule has 0 aromatic heterocycles. The molecule has 0 radical (unpaired) electrons. The van der Waals surface area contributed by atoms with Crippen molar-refractivity contribution in [3.63, 3.8) is 0 Å². The van der Waals surface area contributed by atoms with Crippen LogP contribution in [-0.2, 0) is 0 Å². The summed E-state index contributed by atoms with van der Waals surface area (Å²) in [4.78, 5) is 12.3. The second-order valence-corrected chi connectivity index (χ2v) is 5.87. The minimum absolute atomic E-state index is 0.181. The van der Waals surface area contributed by atoms with E-state index in [0.29, 0.717) is 23.6 Å². The van der Waals surface area contributed by atoms with Crippen LogP contribution in [-0.4, -0.2) is 12.5 Å². The van der Waals surface area contributed by atoms with Gasteiger partial charge in [-0.2, -0.15) is 0 Å². The van der Waals surface area contributed by atoms with E-state index in [2.05, 4.69) is 37.2 Å². The predicted octanol–water partition coefficient (Wildman–Crippen LogP) is 4.86. The molecule has 1 N–H and O–H groups in total. The number of ether oxygens (including phenoxy) is 1. The topological polar surface area (TPSA) is 38.3 Å². The van der Waals surface area contributed by atoms with Gasteiger partial charge in [-0.15, -0.1) is 0 Å². The normalized spacial score (nSPS) is 10.2. The molecule has 0 aliphatic carbocycles. The first-order valence-corrected chi connectivity index (χ1v) is 7.68. The number of hydrogen-bond acceptors (Lipinski definition) is 2. The van der Waals surface area contributed by atoms with Crippen molar-refractivity contribution in [2.24, 2.45) is 0 Å². The Kier molecular flexibility index (Phi) is 5.20. The number of benzene rings is 2. The third-order valence-electron chi connectivity index (χ3n) is 2.56. The van der Waals surface area contributed by atoms with E-state index in [1.54, 1.807) is 12.1 Å². The molecule has 5 heteroatoms. The van der Waals surface area contributed by atoms with Gasteiger partial charge in [0.15, 0.2) is 0 Å². The molecule has 0 heterocycles. The fourth-order valence-corrected chi connectivity index (χ4v) is 3.02. The molecule has 0 spiro atoms. The van der Waals surface area contributed by atoms with Crippen LogP contribution in [0.25, 0.3) is 0 Å². The molecule has 0 saturated heterocycles. The number of hydrogen-bond donors (Lipinski definition) is 1. The maximum Gasteiger partial charge on any atom is 0.255 e. The lowest BCUT2D eigenvalue weighted by molar-refractivity contribution is 0.102. The average Bonchev–Trinajstić information content (AvgIpc) is 2.40. The summed E-state index contributed by atoms with van der Waals surface area (Å²) < 4.78 is 7.17. The first-order valence-electron chi connectivity index (χ1n) is 6.09. The van der Waals surface area contributed by atoms with Crippen LogP contribution in [0.5, 0.6) is 5.75 Å². The molecule has 0 saturated carbocycles. The highest BCUT2D eigenvalue weighted by atomic mass is 79.9. The largest absolute Gasteiger partial charge is 0.492 e. The molecule has 2 aromatic rings. The summed E-state index contributed by atoms with van der Waals surface area (Å²) in [6, 6.07) is 12.8. The quantitative estimate of drug-likeness (QED) is 0.798. The van der Waals surface area contributed by atoms with E-state index in [0.717, 1.165) is 8.95 Å². The summed E-state index contributed by atoms with van der Waals surface area (Å²) in [5.74, 6) is 0.483. The lowest BCUT2D eigenvalue weighted by Crippen LogP contribution is -2.13. The SMILES string of the molecule is CCOc1ccccc1NC(=O)c1cc(Br)cc(Br)c1. The van der Waals surface area contributed by atoms with Gasteiger partial charge in [-0.3, -0.25) is 4.79 Å². The summed E-state index contributed by atoms with van der Waals surface area (Å²) in [5.41, 5.74) is 1.23. The first kappa shape index (κ1) is 15.1. The van der Waals surface area contributed by atoms with Crippen LogP contribution < -0.4 is 10.1 Å². The first-order chi connectivity index (χ1) is 9.60. The second-order valence-electron chi connectivity index (χ2n) is 4.04. The number of anilines is 1. The van der Waals surface area contributed by atoms with Gasteiger partial charge in [-0.25, -0.2) is 0 Å². The van der Waals surface area contributed by atoms with Gasteiger partial charge in [0, 0.05) is 14.5 Å². The van der Waals surface area contributed by atoms with E-state index in [4.69, 9.17) is 4.74 Å². The molecule has 3 nitrogen and oxygen atoms in total. The van der Waals surface area contributed by atoms with Crippen LogP contribution in [0.15, 0.2) is 51.4 Å². The fourth-order valence-electron chi connectivity index (χ4n) is 1.73. The molecular weight excluding hydrogens is 386 g/mol. The van der Waals surface area contributed by atoms with Gasteiger partial charge in [-0.05, 0) is 37.3 Å². The Labute approximate surface area is 134 Å². The van der Waals surface area contributed by atoms with Gasteiger partial charge < -0.3 is 10.1 Å². The number of amides is 1. The van der Waals surface area contributed by atoms with Crippen LogP contribution in [0.4, 0.5) is 5.69 Å². The Morgan fingerprint density at radius 2 is 1.80 bits per heavy atom. The third kappa shape index (κ3) is 3.84. The van der Waals surface area contributed by atoms with E-state index in [1.165, 1.54) is 0 Å². The second kappa shape index (κ2) is 6.90. The van der Waals surface area contributed by atoms with Crippen molar-refractivity contribution in [1.82, 2.24) is 0 Å². The Hall–Kier alpha value is -1.33. The van der Waals surface area contributed by atoms with Crippen LogP contribution in [0.3, 0.4) is 0 Å². The Bertz CT molecular complexity index is 609. The van der Waals surface area contributed by atoms with E-state index in [-0.39, 0.29) is 5.91 Å². The van der Waals surface area contributed by atoms with E-state index in [9.17, 15) is 4.79 Å². The van der Waals surface area contributed by atoms with Crippen molar-refractivity contribution >= 4 is 43.5 Å². The molecule has 1 amide bonds. The summed E-state index contributed by atoms with van der Waals surface area (Å²) in [6.45, 7) is 2.46. The zero-order chi connectivity index (χ0) is 14.5. The zero-order valence-electron chi connectivity index (χ0n) is 10.8. The summed E-state index contributed by atoms with van der Waals surface area (Å²) >= 11 is 6.74. The Balaban J connectivity index is 2.23. The Morgan fingerprint density at radius 1 is 1.15 bits per heavy atom. The number of halogens is 2. The smallest absolute Gasteiger partial charge is 0.255 e. The van der Waals surface area contributed by atoms with Crippen LogP contribution in [0.2, 0.25) is 0 Å². The lowest BCUT2D eigenvalue weighted by Gasteiger charge is -2.11. The van der Waals surface area contributed by atoms with Gasteiger partial charge in [0.05, 0.1) is 12.3 Å². The molecule has 0 bridgehead atoms. The zero-order valence-corrected chi connectivity index (χ0v) is 14.0. The van der Waals surface area contributed by atoms with Gasteiger partial charge in [0.1, 0.15) is 5.75 Å². The molecule has 0 aliphatic rings. The van der Waals surface area contributed by atoms with Crippen LogP contribution in [0, 0.1) is 0 Å². The van der Waals surface area contributed by atoms with Gasteiger partial charge in [0.2, 0.25) is 0 Å². The highest BCUT2D eigenvalue weighted by molar-refractivity contribution is 9.11. The van der Waals surface area contributed by atoms with E-state index >= 15 is 0 Å². The maximum atomic E-state index is 12.3. The molecule has 2 aromatic carbocycles. The Morgan fingerprint density at radius 3 is 2.45 bits per heavy atom. The maximum absolute atomic E-state index is 12.3. The highest BCUT2D eigenvalue weighted by Crippen LogP contribution is 2.25. The summed E-state index contributed by atoms with van der Waals surface area (Å²) in [7, 11) is 0. The standard InChI is InChI=1S/C15H13Br2NO2/c1-2-20-14-6-4-3-5-13(14)18-15(19)10-7-11(16)9-12(17)8-10/h3-9H,2H2,1H3,(H,18,19). The molecule has 0 fully saturated rings. The average molecular weight is 399 g/mol. The minimum atomic E-state index is -0.181. The van der Waals surface area contributed by atoms with Crippen molar-refractivity contribution in [3.8, 4) is 5.75 Å². The monoisotopic (exact) mass is 397 g/mol. The fraction of sp³-hybridized carbons (Fsp3) is 0.133. The molecule has 0 unspecified atom stereocenters.